The first-order valence-electron chi connectivity index (χ1n) is 7.03. The number of rotatable bonds is 5. The van der Waals surface area contributed by atoms with E-state index in [1.807, 2.05) is 30.3 Å². The molecule has 0 saturated carbocycles. The second-order valence-corrected chi connectivity index (χ2v) is 5.25. The van der Waals surface area contributed by atoms with Gasteiger partial charge in [-0.05, 0) is 11.6 Å². The Morgan fingerprint density at radius 2 is 1.82 bits per heavy atom. The van der Waals surface area contributed by atoms with Crippen molar-refractivity contribution in [2.24, 2.45) is 0 Å². The molecule has 0 aliphatic rings. The van der Waals surface area contributed by atoms with Crippen LogP contribution < -0.4 is 5.32 Å². The van der Waals surface area contributed by atoms with Gasteiger partial charge >= 0.3 is 6.09 Å². The van der Waals surface area contributed by atoms with Crippen LogP contribution in [0.2, 0.25) is 5.02 Å². The van der Waals surface area contributed by atoms with Gasteiger partial charge < -0.3 is 15.2 Å². The second kappa shape index (κ2) is 7.29. The number of halogens is 1. The monoisotopic (exact) mass is 319 g/mol. The van der Waals surface area contributed by atoms with E-state index in [9.17, 15) is 9.90 Å². The van der Waals surface area contributed by atoms with Crippen molar-refractivity contribution in [2.45, 2.75) is 25.7 Å². The average Bonchev–Trinajstić information content (AvgIpc) is 2.54. The number of amides is 1. The molecule has 0 aromatic heterocycles. The minimum Gasteiger partial charge on any atom is -0.413 e. The Kier molecular flexibility index (Phi) is 5.41. The van der Waals surface area contributed by atoms with Gasteiger partial charge in [0.1, 0.15) is 0 Å². The normalized spacial score (nSPS) is 13.2. The third-order valence-electron chi connectivity index (χ3n) is 3.32. The number of nitrogens with one attached hydrogen (secondary N) is 1. The lowest BCUT2D eigenvalue weighted by Gasteiger charge is -2.27. The van der Waals surface area contributed by atoms with E-state index >= 15 is 0 Å². The molecule has 2 aromatic carbocycles. The fourth-order valence-electron chi connectivity index (χ4n) is 2.06. The highest BCUT2D eigenvalue weighted by Crippen LogP contribution is 2.32. The summed E-state index contributed by atoms with van der Waals surface area (Å²) in [6.07, 6.45) is -0.511. The highest BCUT2D eigenvalue weighted by molar-refractivity contribution is 6.31. The highest BCUT2D eigenvalue weighted by Gasteiger charge is 2.33. The molecule has 0 fully saturated rings. The van der Waals surface area contributed by atoms with E-state index in [0.717, 1.165) is 5.56 Å². The van der Waals surface area contributed by atoms with Gasteiger partial charge in [-0.1, -0.05) is 67.1 Å². The van der Waals surface area contributed by atoms with Gasteiger partial charge in [0.2, 0.25) is 5.79 Å². The molecule has 0 bridgehead atoms. The van der Waals surface area contributed by atoms with Crippen molar-refractivity contribution in [2.75, 3.05) is 0 Å². The quantitative estimate of drug-likeness (QED) is 0.824. The first-order chi connectivity index (χ1) is 10.5. The molecule has 2 aromatic rings. The molecule has 0 radical (unpaired) electrons. The molecular weight excluding hydrogens is 302 g/mol. The van der Waals surface area contributed by atoms with Crippen LogP contribution in [-0.2, 0) is 17.1 Å². The SMILES string of the molecule is CC[C@@](O)(OC(=O)NCc1ccccc1)c1ccccc1Cl. The number of hydrogen-bond acceptors (Lipinski definition) is 3. The van der Waals surface area contributed by atoms with Gasteiger partial charge in [0.25, 0.3) is 0 Å². The lowest BCUT2D eigenvalue weighted by Crippen LogP contribution is -2.36. The van der Waals surface area contributed by atoms with Crippen LogP contribution in [0.4, 0.5) is 4.79 Å². The Hall–Kier alpha value is -2.04. The molecule has 2 N–H and O–H groups in total. The number of benzene rings is 2. The van der Waals surface area contributed by atoms with E-state index < -0.39 is 11.9 Å². The van der Waals surface area contributed by atoms with Crippen LogP contribution in [0.5, 0.6) is 0 Å². The topological polar surface area (TPSA) is 58.6 Å². The number of ether oxygens (including phenoxy) is 1. The lowest BCUT2D eigenvalue weighted by molar-refractivity contribution is -0.172. The van der Waals surface area contributed by atoms with Crippen molar-refractivity contribution in [3.05, 3.63) is 70.7 Å². The standard InChI is InChI=1S/C17H18ClNO3/c1-2-17(21,14-10-6-7-11-15(14)18)22-16(20)19-12-13-8-4-3-5-9-13/h3-11,21H,2,12H2,1H3,(H,19,20)/t17-/m1/s1. The molecule has 0 spiro atoms. The summed E-state index contributed by atoms with van der Waals surface area (Å²) in [5.74, 6) is -1.75. The molecule has 0 aliphatic carbocycles. The van der Waals surface area contributed by atoms with Gasteiger partial charge in [0.05, 0.1) is 5.02 Å². The summed E-state index contributed by atoms with van der Waals surface area (Å²) < 4.78 is 5.20. The molecule has 1 amide bonds. The molecule has 0 heterocycles. The number of carbonyl (C=O) groups is 1. The van der Waals surface area contributed by atoms with Crippen molar-refractivity contribution in [1.82, 2.24) is 5.32 Å². The summed E-state index contributed by atoms with van der Waals surface area (Å²) in [6.45, 7) is 2.04. The van der Waals surface area contributed by atoms with Gasteiger partial charge in [0, 0.05) is 18.5 Å². The van der Waals surface area contributed by atoms with Gasteiger partial charge in [-0.2, -0.15) is 0 Å². The molecule has 0 saturated heterocycles. The summed E-state index contributed by atoms with van der Waals surface area (Å²) in [7, 11) is 0. The number of hydrogen-bond donors (Lipinski definition) is 2. The van der Waals surface area contributed by atoms with Crippen LogP contribution in [0.1, 0.15) is 24.5 Å². The number of carbonyl (C=O) groups excluding carboxylic acids is 1. The maximum atomic E-state index is 11.9. The minimum absolute atomic E-state index is 0.190. The van der Waals surface area contributed by atoms with E-state index in [-0.39, 0.29) is 6.42 Å². The molecule has 22 heavy (non-hydrogen) atoms. The molecular formula is C17H18ClNO3. The molecule has 0 aliphatic heterocycles. The lowest BCUT2D eigenvalue weighted by atomic mass is 10.0. The summed E-state index contributed by atoms with van der Waals surface area (Å²) in [4.78, 5) is 11.9. The molecule has 5 heteroatoms. The van der Waals surface area contributed by atoms with E-state index in [1.54, 1.807) is 31.2 Å². The van der Waals surface area contributed by atoms with Crippen molar-refractivity contribution in [3.63, 3.8) is 0 Å². The fraction of sp³-hybridized carbons (Fsp3) is 0.235. The van der Waals surface area contributed by atoms with Crippen molar-refractivity contribution >= 4 is 17.7 Å². The van der Waals surface area contributed by atoms with Crippen molar-refractivity contribution in [1.29, 1.82) is 0 Å². The zero-order valence-corrected chi connectivity index (χ0v) is 13.0. The third-order valence-corrected chi connectivity index (χ3v) is 3.64. The third kappa shape index (κ3) is 4.00. The number of alkyl carbamates (subject to hydrolysis) is 1. The first-order valence-corrected chi connectivity index (χ1v) is 7.41. The average molecular weight is 320 g/mol. The zero-order chi connectivity index (χ0) is 16.0. The van der Waals surface area contributed by atoms with E-state index in [2.05, 4.69) is 5.32 Å². The molecule has 2 rings (SSSR count). The number of aliphatic hydroxyl groups is 1. The Morgan fingerprint density at radius 3 is 2.45 bits per heavy atom. The Labute approximate surface area is 134 Å². The Morgan fingerprint density at radius 1 is 1.18 bits per heavy atom. The second-order valence-electron chi connectivity index (χ2n) is 4.85. The predicted octanol–water partition coefficient (Wildman–Crippen LogP) is 3.82. The summed E-state index contributed by atoms with van der Waals surface area (Å²) in [5, 5.41) is 13.5. The van der Waals surface area contributed by atoms with Crippen LogP contribution in [0.15, 0.2) is 54.6 Å². The van der Waals surface area contributed by atoms with E-state index in [0.29, 0.717) is 17.1 Å². The Bertz CT molecular complexity index is 633. The molecule has 0 unspecified atom stereocenters. The predicted molar refractivity (Wildman–Crippen MR) is 85.4 cm³/mol. The maximum Gasteiger partial charge on any atom is 0.410 e. The molecule has 4 nitrogen and oxygen atoms in total. The molecule has 1 atom stereocenters. The van der Waals surface area contributed by atoms with Gasteiger partial charge in [-0.15, -0.1) is 0 Å². The summed E-state index contributed by atoms with van der Waals surface area (Å²) >= 11 is 6.07. The largest absolute Gasteiger partial charge is 0.413 e. The van der Waals surface area contributed by atoms with Crippen molar-refractivity contribution in [3.8, 4) is 0 Å². The smallest absolute Gasteiger partial charge is 0.410 e. The maximum absolute atomic E-state index is 11.9. The summed E-state index contributed by atoms with van der Waals surface area (Å²) in [5.41, 5.74) is 1.31. The van der Waals surface area contributed by atoms with Crippen LogP contribution in [0.3, 0.4) is 0 Å². The zero-order valence-electron chi connectivity index (χ0n) is 12.3. The van der Waals surface area contributed by atoms with E-state index in [4.69, 9.17) is 16.3 Å². The Balaban J connectivity index is 2.03. The first kappa shape index (κ1) is 16.3. The summed E-state index contributed by atoms with van der Waals surface area (Å²) in [6, 6.07) is 16.2. The van der Waals surface area contributed by atoms with Gasteiger partial charge in [-0.25, -0.2) is 4.79 Å². The van der Waals surface area contributed by atoms with Gasteiger partial charge in [-0.3, -0.25) is 0 Å². The van der Waals surface area contributed by atoms with Crippen LogP contribution in [-0.4, -0.2) is 11.2 Å². The van der Waals surface area contributed by atoms with Gasteiger partial charge in [0.15, 0.2) is 0 Å². The van der Waals surface area contributed by atoms with Crippen LogP contribution >= 0.6 is 11.6 Å². The van der Waals surface area contributed by atoms with E-state index in [1.165, 1.54) is 0 Å². The minimum atomic E-state index is -1.75. The van der Waals surface area contributed by atoms with Crippen molar-refractivity contribution < 1.29 is 14.6 Å². The fourth-order valence-corrected chi connectivity index (χ4v) is 2.34. The van der Waals surface area contributed by atoms with Crippen LogP contribution in [0, 0.1) is 0 Å². The van der Waals surface area contributed by atoms with Crippen LogP contribution in [0.25, 0.3) is 0 Å². The highest BCUT2D eigenvalue weighted by atomic mass is 35.5. The molecule has 116 valence electrons.